The second-order valence-corrected chi connectivity index (χ2v) is 7.23. The van der Waals surface area contributed by atoms with Gasteiger partial charge in [0.2, 0.25) is 5.91 Å². The van der Waals surface area contributed by atoms with E-state index in [0.717, 1.165) is 42.1 Å². The molecule has 6 heteroatoms. The van der Waals surface area contributed by atoms with Crippen molar-refractivity contribution in [3.8, 4) is 0 Å². The molecule has 1 aliphatic rings. The molecule has 0 aliphatic carbocycles. The number of aryl methyl sites for hydroxylation is 1. The number of amides is 1. The normalized spacial score (nSPS) is 19.7. The third-order valence-electron chi connectivity index (χ3n) is 3.37. The van der Waals surface area contributed by atoms with Gasteiger partial charge in [-0.3, -0.25) is 4.79 Å². The van der Waals surface area contributed by atoms with Crippen LogP contribution in [0, 0.1) is 0 Å². The van der Waals surface area contributed by atoms with E-state index < -0.39 is 0 Å². The fourth-order valence-electron chi connectivity index (χ4n) is 2.37. The number of rotatable bonds is 4. The van der Waals surface area contributed by atoms with Gasteiger partial charge in [-0.2, -0.15) is 0 Å². The number of likely N-dealkylation sites (tertiary alicyclic amines) is 1. The first-order valence-corrected chi connectivity index (χ1v) is 8.10. The largest absolute Gasteiger partial charge is 0.341 e. The fraction of sp³-hybridized carbons (Fsp3) is 0.615. The van der Waals surface area contributed by atoms with Crippen LogP contribution in [0.2, 0.25) is 8.67 Å². The van der Waals surface area contributed by atoms with Crippen LogP contribution in [-0.4, -0.2) is 29.9 Å². The van der Waals surface area contributed by atoms with Crippen molar-refractivity contribution in [3.63, 3.8) is 0 Å². The molecule has 1 amide bonds. The van der Waals surface area contributed by atoms with Crippen LogP contribution in [0.15, 0.2) is 6.07 Å². The lowest BCUT2D eigenvalue weighted by atomic mass is 10.1. The van der Waals surface area contributed by atoms with E-state index in [-0.39, 0.29) is 11.9 Å². The van der Waals surface area contributed by atoms with Crippen LogP contribution in [0.5, 0.6) is 0 Å². The van der Waals surface area contributed by atoms with Crippen molar-refractivity contribution in [2.75, 3.05) is 13.1 Å². The molecule has 0 saturated carbocycles. The Balaban J connectivity index is 1.76. The molecule has 1 aromatic rings. The van der Waals surface area contributed by atoms with E-state index in [1.54, 1.807) is 0 Å². The van der Waals surface area contributed by atoms with Crippen LogP contribution >= 0.6 is 34.5 Å². The Labute approximate surface area is 127 Å². The van der Waals surface area contributed by atoms with Gasteiger partial charge in [-0.05, 0) is 37.3 Å². The minimum Gasteiger partial charge on any atom is -0.341 e. The molecule has 2 rings (SSSR count). The van der Waals surface area contributed by atoms with Gasteiger partial charge in [-0.15, -0.1) is 11.3 Å². The molecule has 0 unspecified atom stereocenters. The summed E-state index contributed by atoms with van der Waals surface area (Å²) in [6, 6.07) is 2.03. The van der Waals surface area contributed by atoms with E-state index in [9.17, 15) is 4.79 Å². The molecular weight excluding hydrogens is 303 g/mol. The number of hydrogen-bond acceptors (Lipinski definition) is 3. The Kier molecular flexibility index (Phi) is 5.51. The summed E-state index contributed by atoms with van der Waals surface area (Å²) in [5.74, 6) is 0.201. The van der Waals surface area contributed by atoms with Crippen molar-refractivity contribution >= 4 is 40.4 Å². The highest BCUT2D eigenvalue weighted by Gasteiger charge is 2.20. The summed E-state index contributed by atoms with van der Waals surface area (Å²) < 4.78 is 1.44. The van der Waals surface area contributed by atoms with Gasteiger partial charge in [0.15, 0.2) is 0 Å². The monoisotopic (exact) mass is 320 g/mol. The Bertz CT molecular complexity index is 450. The molecule has 1 aliphatic heterocycles. The van der Waals surface area contributed by atoms with Crippen molar-refractivity contribution < 1.29 is 4.79 Å². The molecule has 1 aromatic heterocycles. The van der Waals surface area contributed by atoms with Crippen LogP contribution in [0.25, 0.3) is 0 Å². The van der Waals surface area contributed by atoms with Gasteiger partial charge >= 0.3 is 0 Å². The summed E-state index contributed by atoms with van der Waals surface area (Å²) in [5.41, 5.74) is 6.92. The standard InChI is InChI=1S/C13H18Cl2N2OS/c14-11-7-9(13(15)19-11)3-1-5-12(18)17-6-2-4-10(16)8-17/h7,10H,1-6,8,16H2/t10-/m1/s1. The summed E-state index contributed by atoms with van der Waals surface area (Å²) in [6.07, 6.45) is 4.19. The van der Waals surface area contributed by atoms with Crippen molar-refractivity contribution in [2.45, 2.75) is 38.1 Å². The molecule has 0 radical (unpaired) electrons. The van der Waals surface area contributed by atoms with Crippen LogP contribution in [0.1, 0.15) is 31.2 Å². The number of halogens is 2. The van der Waals surface area contributed by atoms with Gasteiger partial charge in [0, 0.05) is 25.6 Å². The minimum absolute atomic E-state index is 0.142. The topological polar surface area (TPSA) is 46.3 Å². The zero-order valence-corrected chi connectivity index (χ0v) is 13.0. The third kappa shape index (κ3) is 4.35. The first-order chi connectivity index (χ1) is 9.06. The molecule has 2 N–H and O–H groups in total. The Hall–Kier alpha value is -0.290. The van der Waals surface area contributed by atoms with Crippen LogP contribution < -0.4 is 5.73 Å². The number of nitrogens with zero attached hydrogens (tertiary/aromatic N) is 1. The van der Waals surface area contributed by atoms with Gasteiger partial charge in [0.1, 0.15) is 0 Å². The zero-order chi connectivity index (χ0) is 13.8. The SMILES string of the molecule is N[C@@H]1CCCN(C(=O)CCCc2cc(Cl)sc2Cl)C1. The fourth-order valence-corrected chi connectivity index (χ4v) is 3.91. The summed E-state index contributed by atoms with van der Waals surface area (Å²) in [7, 11) is 0. The van der Waals surface area contributed by atoms with Crippen molar-refractivity contribution in [2.24, 2.45) is 5.73 Å². The lowest BCUT2D eigenvalue weighted by molar-refractivity contribution is -0.132. The maximum Gasteiger partial charge on any atom is 0.222 e. The van der Waals surface area contributed by atoms with Crippen LogP contribution in [-0.2, 0) is 11.2 Å². The molecule has 0 bridgehead atoms. The molecule has 1 atom stereocenters. The molecular formula is C13H18Cl2N2OS. The van der Waals surface area contributed by atoms with Crippen molar-refractivity contribution in [3.05, 3.63) is 20.3 Å². The number of thiophene rings is 1. The first-order valence-electron chi connectivity index (χ1n) is 6.53. The Morgan fingerprint density at radius 3 is 2.95 bits per heavy atom. The van der Waals surface area contributed by atoms with Gasteiger partial charge in [-0.25, -0.2) is 0 Å². The highest BCUT2D eigenvalue weighted by molar-refractivity contribution is 7.20. The maximum absolute atomic E-state index is 12.0. The smallest absolute Gasteiger partial charge is 0.222 e. The first kappa shape index (κ1) is 15.1. The van der Waals surface area contributed by atoms with Gasteiger partial charge in [0.05, 0.1) is 8.67 Å². The summed E-state index contributed by atoms with van der Waals surface area (Å²) >= 11 is 13.3. The molecule has 1 saturated heterocycles. The van der Waals surface area contributed by atoms with Crippen LogP contribution in [0.3, 0.4) is 0 Å². The second kappa shape index (κ2) is 6.93. The zero-order valence-electron chi connectivity index (χ0n) is 10.7. The van der Waals surface area contributed by atoms with Crippen molar-refractivity contribution in [1.29, 1.82) is 0 Å². The third-order valence-corrected chi connectivity index (χ3v) is 4.94. The lowest BCUT2D eigenvalue weighted by Crippen LogP contribution is -2.45. The number of nitrogens with two attached hydrogens (primary N) is 1. The van der Waals surface area contributed by atoms with E-state index in [4.69, 9.17) is 28.9 Å². The molecule has 1 fully saturated rings. The Morgan fingerprint density at radius 1 is 1.53 bits per heavy atom. The van der Waals surface area contributed by atoms with Gasteiger partial charge in [-0.1, -0.05) is 23.2 Å². The van der Waals surface area contributed by atoms with E-state index in [1.807, 2.05) is 11.0 Å². The molecule has 0 spiro atoms. The quantitative estimate of drug-likeness (QED) is 0.924. The van der Waals surface area contributed by atoms with E-state index in [0.29, 0.717) is 17.3 Å². The second-order valence-electron chi connectivity index (χ2n) is 4.95. The summed E-state index contributed by atoms with van der Waals surface area (Å²) in [4.78, 5) is 13.9. The average Bonchev–Trinajstić information content (AvgIpc) is 2.68. The van der Waals surface area contributed by atoms with Gasteiger partial charge in [0.25, 0.3) is 0 Å². The van der Waals surface area contributed by atoms with E-state index in [1.165, 1.54) is 11.3 Å². The predicted molar refractivity (Wildman–Crippen MR) is 81.1 cm³/mol. The average molecular weight is 321 g/mol. The molecule has 3 nitrogen and oxygen atoms in total. The number of carbonyl (C=O) groups excluding carboxylic acids is 1. The lowest BCUT2D eigenvalue weighted by Gasteiger charge is -2.30. The summed E-state index contributed by atoms with van der Waals surface area (Å²) in [6.45, 7) is 1.54. The molecule has 106 valence electrons. The molecule has 19 heavy (non-hydrogen) atoms. The highest BCUT2D eigenvalue weighted by Crippen LogP contribution is 2.32. The maximum atomic E-state index is 12.0. The number of piperidine rings is 1. The van der Waals surface area contributed by atoms with Gasteiger partial charge < -0.3 is 10.6 Å². The molecule has 2 heterocycles. The molecule has 0 aromatic carbocycles. The Morgan fingerprint density at radius 2 is 2.32 bits per heavy atom. The summed E-state index contributed by atoms with van der Waals surface area (Å²) in [5, 5.41) is 0. The number of carbonyl (C=O) groups is 1. The van der Waals surface area contributed by atoms with E-state index >= 15 is 0 Å². The minimum atomic E-state index is 0.142. The highest BCUT2D eigenvalue weighted by atomic mass is 35.5. The predicted octanol–water partition coefficient (Wildman–Crippen LogP) is 3.33. The van der Waals surface area contributed by atoms with E-state index in [2.05, 4.69) is 0 Å². The van der Waals surface area contributed by atoms with Crippen molar-refractivity contribution in [1.82, 2.24) is 4.90 Å². The van der Waals surface area contributed by atoms with Crippen LogP contribution in [0.4, 0.5) is 0 Å². The number of hydrogen-bond donors (Lipinski definition) is 1.